The predicted molar refractivity (Wildman–Crippen MR) is 88.6 cm³/mol. The molecule has 0 spiro atoms. The van der Waals surface area contributed by atoms with E-state index in [9.17, 15) is 9.18 Å². The van der Waals surface area contributed by atoms with Gasteiger partial charge in [-0.2, -0.15) is 0 Å². The first-order valence-corrected chi connectivity index (χ1v) is 8.25. The van der Waals surface area contributed by atoms with Crippen LogP contribution in [0.1, 0.15) is 51.9 Å². The molecule has 0 atom stereocenters. The van der Waals surface area contributed by atoms with Crippen LogP contribution in [0.4, 0.5) is 10.1 Å². The van der Waals surface area contributed by atoms with E-state index in [4.69, 9.17) is 4.74 Å². The number of anilines is 1. The molecule has 0 unspecified atom stereocenters. The number of benzene rings is 1. The minimum Gasteiger partial charge on any atom is -0.381 e. The van der Waals surface area contributed by atoms with Gasteiger partial charge in [-0.1, -0.05) is 39.0 Å². The molecule has 0 aliphatic rings. The quantitative estimate of drug-likeness (QED) is 0.561. The molecule has 0 aromatic heterocycles. The fraction of sp³-hybridized carbons (Fsp3) is 0.611. The van der Waals surface area contributed by atoms with E-state index in [1.807, 2.05) is 0 Å². The summed E-state index contributed by atoms with van der Waals surface area (Å²) in [6.07, 6.45) is 7.75. The molecule has 0 aliphatic carbocycles. The number of carbonyl (C=O) groups excluding carboxylic acids is 1. The molecule has 22 heavy (non-hydrogen) atoms. The summed E-state index contributed by atoms with van der Waals surface area (Å²) in [4.78, 5) is 13.5. The van der Waals surface area contributed by atoms with E-state index in [2.05, 4.69) is 6.92 Å². The number of hydrogen-bond acceptors (Lipinski definition) is 2. The fourth-order valence-corrected chi connectivity index (χ4v) is 2.22. The zero-order valence-corrected chi connectivity index (χ0v) is 13.8. The SMILES string of the molecule is CCCCCCCCOCCC(=O)N(C)c1ccc(F)cc1. The van der Waals surface area contributed by atoms with Gasteiger partial charge in [-0.15, -0.1) is 0 Å². The molecule has 0 radical (unpaired) electrons. The highest BCUT2D eigenvalue weighted by atomic mass is 19.1. The second kappa shape index (κ2) is 11.2. The van der Waals surface area contributed by atoms with Crippen LogP contribution in [-0.2, 0) is 9.53 Å². The highest BCUT2D eigenvalue weighted by Gasteiger charge is 2.10. The highest BCUT2D eigenvalue weighted by Crippen LogP contribution is 2.14. The van der Waals surface area contributed by atoms with Crippen molar-refractivity contribution < 1.29 is 13.9 Å². The van der Waals surface area contributed by atoms with Crippen molar-refractivity contribution in [2.45, 2.75) is 51.9 Å². The van der Waals surface area contributed by atoms with Crippen molar-refractivity contribution in [3.63, 3.8) is 0 Å². The van der Waals surface area contributed by atoms with E-state index in [-0.39, 0.29) is 11.7 Å². The summed E-state index contributed by atoms with van der Waals surface area (Å²) in [5, 5.41) is 0. The number of halogens is 1. The van der Waals surface area contributed by atoms with Gasteiger partial charge in [0.15, 0.2) is 0 Å². The fourth-order valence-electron chi connectivity index (χ4n) is 2.22. The lowest BCUT2D eigenvalue weighted by molar-refractivity contribution is -0.119. The molecule has 0 saturated heterocycles. The van der Waals surface area contributed by atoms with Crippen LogP contribution in [0.25, 0.3) is 0 Å². The molecule has 124 valence electrons. The molecular weight excluding hydrogens is 281 g/mol. The maximum Gasteiger partial charge on any atom is 0.229 e. The van der Waals surface area contributed by atoms with E-state index >= 15 is 0 Å². The third-order valence-corrected chi connectivity index (χ3v) is 3.69. The summed E-state index contributed by atoms with van der Waals surface area (Å²) in [6.45, 7) is 3.38. The summed E-state index contributed by atoms with van der Waals surface area (Å²) in [7, 11) is 1.70. The Balaban J connectivity index is 2.09. The Hall–Kier alpha value is -1.42. The molecule has 3 nitrogen and oxygen atoms in total. The normalized spacial score (nSPS) is 10.7. The lowest BCUT2D eigenvalue weighted by Crippen LogP contribution is -2.27. The van der Waals surface area contributed by atoms with Crippen molar-refractivity contribution in [1.29, 1.82) is 0 Å². The van der Waals surface area contributed by atoms with Crippen LogP contribution < -0.4 is 4.90 Å². The molecule has 1 rings (SSSR count). The van der Waals surface area contributed by atoms with Gasteiger partial charge in [0.1, 0.15) is 5.82 Å². The molecule has 0 N–H and O–H groups in total. The predicted octanol–water partition coefficient (Wildman–Crippen LogP) is 4.56. The lowest BCUT2D eigenvalue weighted by atomic mass is 10.1. The van der Waals surface area contributed by atoms with Gasteiger partial charge in [0.25, 0.3) is 0 Å². The van der Waals surface area contributed by atoms with Crippen LogP contribution in [0.5, 0.6) is 0 Å². The number of carbonyl (C=O) groups is 1. The molecule has 0 aliphatic heterocycles. The number of amides is 1. The van der Waals surface area contributed by atoms with Crippen molar-refractivity contribution >= 4 is 11.6 Å². The molecule has 1 aromatic rings. The molecule has 0 heterocycles. The zero-order chi connectivity index (χ0) is 16.2. The summed E-state index contributed by atoms with van der Waals surface area (Å²) in [5.74, 6) is -0.318. The standard InChI is InChI=1S/C18H28FNO2/c1-3-4-5-6-7-8-14-22-15-13-18(21)20(2)17-11-9-16(19)10-12-17/h9-12H,3-8,13-15H2,1-2H3. The Morgan fingerprint density at radius 1 is 1.05 bits per heavy atom. The summed E-state index contributed by atoms with van der Waals surface area (Å²) in [5.41, 5.74) is 0.697. The Bertz CT molecular complexity index is 420. The Kier molecular flexibility index (Phi) is 9.47. The minimum atomic E-state index is -0.299. The average molecular weight is 309 g/mol. The van der Waals surface area contributed by atoms with Crippen LogP contribution in [0, 0.1) is 5.82 Å². The van der Waals surface area contributed by atoms with Crippen molar-refractivity contribution in [3.8, 4) is 0 Å². The molecule has 4 heteroatoms. The van der Waals surface area contributed by atoms with Crippen molar-refractivity contribution in [2.75, 3.05) is 25.2 Å². The molecule has 0 fully saturated rings. The van der Waals surface area contributed by atoms with Gasteiger partial charge in [-0.3, -0.25) is 4.79 Å². The van der Waals surface area contributed by atoms with Gasteiger partial charge < -0.3 is 9.64 Å². The van der Waals surface area contributed by atoms with Crippen LogP contribution in [-0.4, -0.2) is 26.2 Å². The van der Waals surface area contributed by atoms with Gasteiger partial charge in [0.2, 0.25) is 5.91 Å². The first kappa shape index (κ1) is 18.6. The van der Waals surface area contributed by atoms with Crippen LogP contribution in [0.2, 0.25) is 0 Å². The summed E-state index contributed by atoms with van der Waals surface area (Å²) < 4.78 is 18.4. The molecular formula is C18H28FNO2. The van der Waals surface area contributed by atoms with Gasteiger partial charge >= 0.3 is 0 Å². The second-order valence-electron chi connectivity index (χ2n) is 5.56. The van der Waals surface area contributed by atoms with E-state index in [1.165, 1.54) is 49.1 Å². The zero-order valence-electron chi connectivity index (χ0n) is 13.8. The van der Waals surface area contributed by atoms with E-state index in [1.54, 1.807) is 19.2 Å². The Labute approximate surface area is 133 Å². The number of ether oxygens (including phenoxy) is 1. The van der Waals surface area contributed by atoms with Gasteiger partial charge in [-0.25, -0.2) is 4.39 Å². The number of rotatable bonds is 11. The summed E-state index contributed by atoms with van der Waals surface area (Å²) >= 11 is 0. The topological polar surface area (TPSA) is 29.5 Å². The molecule has 0 bridgehead atoms. The largest absolute Gasteiger partial charge is 0.381 e. The Morgan fingerprint density at radius 3 is 2.36 bits per heavy atom. The third kappa shape index (κ3) is 7.55. The maximum absolute atomic E-state index is 12.8. The van der Waals surface area contributed by atoms with Crippen molar-refractivity contribution in [2.24, 2.45) is 0 Å². The minimum absolute atomic E-state index is 0.0189. The first-order chi connectivity index (χ1) is 10.6. The van der Waals surface area contributed by atoms with Crippen LogP contribution in [0.15, 0.2) is 24.3 Å². The second-order valence-corrected chi connectivity index (χ2v) is 5.56. The monoisotopic (exact) mass is 309 g/mol. The van der Waals surface area contributed by atoms with Crippen molar-refractivity contribution in [3.05, 3.63) is 30.1 Å². The number of hydrogen-bond donors (Lipinski definition) is 0. The maximum atomic E-state index is 12.8. The van der Waals surface area contributed by atoms with Gasteiger partial charge in [-0.05, 0) is 30.7 Å². The summed E-state index contributed by atoms with van der Waals surface area (Å²) in [6, 6.07) is 5.91. The third-order valence-electron chi connectivity index (χ3n) is 3.69. The number of unbranched alkanes of at least 4 members (excludes halogenated alkanes) is 5. The number of nitrogens with zero attached hydrogens (tertiary/aromatic N) is 1. The van der Waals surface area contributed by atoms with Gasteiger partial charge in [0, 0.05) is 19.3 Å². The van der Waals surface area contributed by atoms with Crippen LogP contribution in [0.3, 0.4) is 0 Å². The Morgan fingerprint density at radius 2 is 1.68 bits per heavy atom. The smallest absolute Gasteiger partial charge is 0.229 e. The van der Waals surface area contributed by atoms with Crippen molar-refractivity contribution in [1.82, 2.24) is 0 Å². The van der Waals surface area contributed by atoms with E-state index in [0.717, 1.165) is 13.0 Å². The molecule has 0 saturated carbocycles. The van der Waals surface area contributed by atoms with E-state index < -0.39 is 0 Å². The molecule has 1 amide bonds. The lowest BCUT2D eigenvalue weighted by Gasteiger charge is -2.17. The van der Waals surface area contributed by atoms with Gasteiger partial charge in [0.05, 0.1) is 13.0 Å². The highest BCUT2D eigenvalue weighted by molar-refractivity contribution is 5.92. The van der Waals surface area contributed by atoms with E-state index in [0.29, 0.717) is 18.7 Å². The van der Waals surface area contributed by atoms with Crippen LogP contribution >= 0.6 is 0 Å². The first-order valence-electron chi connectivity index (χ1n) is 8.25. The average Bonchev–Trinajstić information content (AvgIpc) is 2.53. The molecule has 1 aromatic carbocycles.